The lowest BCUT2D eigenvalue weighted by Gasteiger charge is -2.42. The van der Waals surface area contributed by atoms with Crippen LogP contribution in [0, 0.1) is 29.4 Å². The van der Waals surface area contributed by atoms with Crippen LogP contribution in [0.2, 0.25) is 0 Å². The maximum absolute atomic E-state index is 15.0. The van der Waals surface area contributed by atoms with Gasteiger partial charge in [0.05, 0.1) is 0 Å². The summed E-state index contributed by atoms with van der Waals surface area (Å²) < 4.78 is 29.9. The van der Waals surface area contributed by atoms with Crippen molar-refractivity contribution in [2.24, 2.45) is 17.8 Å². The van der Waals surface area contributed by atoms with E-state index in [4.69, 9.17) is 0 Å². The van der Waals surface area contributed by atoms with Crippen LogP contribution >= 0.6 is 0 Å². The minimum absolute atomic E-state index is 0.224. The van der Waals surface area contributed by atoms with Crippen LogP contribution in [0.1, 0.15) is 75.3 Å². The fraction of sp³-hybridized carbons (Fsp3) is 0.538. The van der Waals surface area contributed by atoms with Crippen LogP contribution in [0.25, 0.3) is 10.8 Å². The van der Waals surface area contributed by atoms with Crippen molar-refractivity contribution < 1.29 is 8.78 Å². The van der Waals surface area contributed by atoms with Crippen molar-refractivity contribution >= 4 is 10.8 Å². The van der Waals surface area contributed by atoms with Gasteiger partial charge in [-0.05, 0) is 97.3 Å². The first-order valence-corrected chi connectivity index (χ1v) is 11.1. The van der Waals surface area contributed by atoms with E-state index in [0.29, 0.717) is 17.4 Å². The van der Waals surface area contributed by atoms with E-state index in [9.17, 15) is 4.39 Å². The summed E-state index contributed by atoms with van der Waals surface area (Å²) in [5.41, 5.74) is 1.45. The second-order valence-corrected chi connectivity index (χ2v) is 9.08. The molecule has 2 saturated carbocycles. The van der Waals surface area contributed by atoms with Crippen LogP contribution in [-0.2, 0) is 6.42 Å². The van der Waals surface area contributed by atoms with Gasteiger partial charge in [0, 0.05) is 5.39 Å². The number of hydrogen-bond acceptors (Lipinski definition) is 0. The minimum atomic E-state index is -0.272. The Morgan fingerprint density at radius 3 is 2.61 bits per heavy atom. The Hall–Kier alpha value is -1.70. The Kier molecular flexibility index (Phi) is 5.85. The first kappa shape index (κ1) is 19.6. The van der Waals surface area contributed by atoms with Crippen molar-refractivity contribution in [3.63, 3.8) is 0 Å². The molecule has 0 bridgehead atoms. The summed E-state index contributed by atoms with van der Waals surface area (Å²) in [6.07, 6.45) is 11.8. The standard InChI is InChI=1S/C26H32F2/c1-3-5-6-18-9-11-22-15-23(25(27)16-24(22)26(18)28)21-12-10-19-13-17(4-2)7-8-20(19)14-21/h3,9,11,15-17,19-21H,1,4-8,10,12-14H2,2H3/t17?,19-,20?,21-/m1/s1. The minimum Gasteiger partial charge on any atom is -0.207 e. The van der Waals surface area contributed by atoms with Gasteiger partial charge in [0.25, 0.3) is 0 Å². The van der Waals surface area contributed by atoms with Gasteiger partial charge in [-0.1, -0.05) is 38.0 Å². The highest BCUT2D eigenvalue weighted by molar-refractivity contribution is 5.85. The fourth-order valence-electron chi connectivity index (χ4n) is 5.78. The summed E-state index contributed by atoms with van der Waals surface area (Å²) in [5, 5.41) is 1.24. The monoisotopic (exact) mass is 382 g/mol. The molecular formula is C26H32F2. The molecule has 2 unspecified atom stereocenters. The molecule has 4 atom stereocenters. The summed E-state index contributed by atoms with van der Waals surface area (Å²) in [7, 11) is 0. The highest BCUT2D eigenvalue weighted by Gasteiger charge is 2.36. The molecule has 4 rings (SSSR count). The van der Waals surface area contributed by atoms with Crippen molar-refractivity contribution in [3.05, 3.63) is 59.7 Å². The third-order valence-corrected chi connectivity index (χ3v) is 7.51. The lowest BCUT2D eigenvalue weighted by Crippen LogP contribution is -2.30. The van der Waals surface area contributed by atoms with Gasteiger partial charge >= 0.3 is 0 Å². The van der Waals surface area contributed by atoms with Gasteiger partial charge in [-0.25, -0.2) is 8.78 Å². The molecule has 2 aromatic carbocycles. The molecule has 2 fully saturated rings. The number of allylic oxidation sites excluding steroid dienone is 1. The zero-order valence-corrected chi connectivity index (χ0v) is 17.0. The van der Waals surface area contributed by atoms with E-state index in [1.165, 1.54) is 38.2 Å². The van der Waals surface area contributed by atoms with Crippen LogP contribution in [0.4, 0.5) is 8.78 Å². The van der Waals surface area contributed by atoms with Crippen molar-refractivity contribution in [1.82, 2.24) is 0 Å². The van der Waals surface area contributed by atoms with E-state index in [-0.39, 0.29) is 17.6 Å². The summed E-state index contributed by atoms with van der Waals surface area (Å²) in [6, 6.07) is 7.18. The van der Waals surface area contributed by atoms with Gasteiger partial charge in [0.2, 0.25) is 0 Å². The van der Waals surface area contributed by atoms with Crippen LogP contribution in [0.3, 0.4) is 0 Å². The largest absolute Gasteiger partial charge is 0.207 e. The molecule has 2 aromatic rings. The van der Waals surface area contributed by atoms with Crippen molar-refractivity contribution in [1.29, 1.82) is 0 Å². The molecule has 0 N–H and O–H groups in total. The number of rotatable bonds is 5. The molecule has 150 valence electrons. The Bertz CT molecular complexity index is 853. The molecule has 2 aliphatic rings. The Balaban J connectivity index is 1.58. The highest BCUT2D eigenvalue weighted by Crippen LogP contribution is 2.48. The first-order valence-electron chi connectivity index (χ1n) is 11.1. The van der Waals surface area contributed by atoms with Crippen molar-refractivity contribution in [2.75, 3.05) is 0 Å². The smallest absolute Gasteiger partial charge is 0.134 e. The molecule has 0 radical (unpaired) electrons. The molecule has 0 saturated heterocycles. The Morgan fingerprint density at radius 1 is 1.04 bits per heavy atom. The van der Waals surface area contributed by atoms with Gasteiger partial charge in [0.1, 0.15) is 11.6 Å². The van der Waals surface area contributed by atoms with Crippen LogP contribution in [-0.4, -0.2) is 0 Å². The molecule has 0 nitrogen and oxygen atoms in total. The quantitative estimate of drug-likeness (QED) is 0.460. The molecular weight excluding hydrogens is 350 g/mol. The topological polar surface area (TPSA) is 0 Å². The van der Waals surface area contributed by atoms with E-state index in [0.717, 1.165) is 48.0 Å². The third-order valence-electron chi connectivity index (χ3n) is 7.51. The molecule has 28 heavy (non-hydrogen) atoms. The average Bonchev–Trinajstić information content (AvgIpc) is 2.72. The molecule has 0 aromatic heterocycles. The predicted molar refractivity (Wildman–Crippen MR) is 114 cm³/mol. The van der Waals surface area contributed by atoms with Crippen molar-refractivity contribution in [3.8, 4) is 0 Å². The molecule has 0 heterocycles. The average molecular weight is 383 g/mol. The highest BCUT2D eigenvalue weighted by atomic mass is 19.1. The number of benzene rings is 2. The Labute approximate surface area is 168 Å². The van der Waals surface area contributed by atoms with Gasteiger partial charge in [0.15, 0.2) is 0 Å². The van der Waals surface area contributed by atoms with Crippen molar-refractivity contribution in [2.45, 2.75) is 70.6 Å². The van der Waals surface area contributed by atoms with E-state index in [1.807, 2.05) is 18.2 Å². The van der Waals surface area contributed by atoms with Crippen LogP contribution < -0.4 is 0 Å². The maximum atomic E-state index is 15.0. The first-order chi connectivity index (χ1) is 13.6. The normalized spacial score (nSPS) is 27.5. The van der Waals surface area contributed by atoms with Gasteiger partial charge in [-0.15, -0.1) is 6.58 Å². The van der Waals surface area contributed by atoms with Gasteiger partial charge in [-0.3, -0.25) is 0 Å². The Morgan fingerprint density at radius 2 is 1.82 bits per heavy atom. The van der Waals surface area contributed by atoms with Gasteiger partial charge < -0.3 is 0 Å². The second kappa shape index (κ2) is 8.35. The SMILES string of the molecule is C=CCCc1ccc2cc([C@@H]3CC[C@@H]4CC(CC)CCC4C3)c(F)cc2c1F. The summed E-state index contributed by atoms with van der Waals surface area (Å²) in [6.45, 7) is 6.01. The molecule has 0 amide bonds. The van der Waals surface area contributed by atoms with E-state index < -0.39 is 0 Å². The zero-order valence-electron chi connectivity index (χ0n) is 17.0. The second-order valence-electron chi connectivity index (χ2n) is 9.08. The number of aryl methyl sites for hydroxylation is 1. The molecule has 0 aliphatic heterocycles. The zero-order chi connectivity index (χ0) is 19.7. The molecule has 2 heteroatoms. The third kappa shape index (κ3) is 3.75. The number of halogens is 2. The fourth-order valence-corrected chi connectivity index (χ4v) is 5.78. The number of fused-ring (bicyclic) bond motifs is 2. The summed E-state index contributed by atoms with van der Waals surface area (Å²) >= 11 is 0. The summed E-state index contributed by atoms with van der Waals surface area (Å²) in [4.78, 5) is 0. The van der Waals surface area contributed by atoms with Gasteiger partial charge in [-0.2, -0.15) is 0 Å². The maximum Gasteiger partial charge on any atom is 0.134 e. The van der Waals surface area contributed by atoms with Crippen LogP contribution in [0.5, 0.6) is 0 Å². The van der Waals surface area contributed by atoms with Crippen LogP contribution in [0.15, 0.2) is 36.9 Å². The van der Waals surface area contributed by atoms with E-state index >= 15 is 4.39 Å². The van der Waals surface area contributed by atoms with E-state index in [1.54, 1.807) is 6.08 Å². The number of hydrogen-bond donors (Lipinski definition) is 0. The summed E-state index contributed by atoms with van der Waals surface area (Å²) in [5.74, 6) is 2.27. The lowest BCUT2D eigenvalue weighted by atomic mass is 9.63. The molecule has 0 spiro atoms. The predicted octanol–water partition coefficient (Wildman–Crippen LogP) is 7.95. The molecule has 2 aliphatic carbocycles. The lowest BCUT2D eigenvalue weighted by molar-refractivity contribution is 0.115. The van der Waals surface area contributed by atoms with E-state index in [2.05, 4.69) is 13.5 Å².